The smallest absolute Gasteiger partial charge is 0.407 e. The van der Waals surface area contributed by atoms with Gasteiger partial charge in [0.25, 0.3) is 0 Å². The highest BCUT2D eigenvalue weighted by atomic mass is 35.5. The van der Waals surface area contributed by atoms with Crippen LogP contribution in [-0.4, -0.2) is 73.1 Å². The molecule has 1 atom stereocenters. The van der Waals surface area contributed by atoms with Crippen LogP contribution in [0.5, 0.6) is 0 Å². The van der Waals surface area contributed by atoms with Crippen LogP contribution in [0.25, 0.3) is 0 Å². The fraction of sp³-hybridized carbons (Fsp3) is 0.522. The molecule has 0 spiro atoms. The highest BCUT2D eigenvalue weighted by molar-refractivity contribution is 7.87. The van der Waals surface area contributed by atoms with E-state index >= 15 is 0 Å². The molecule has 13 heteroatoms. The van der Waals surface area contributed by atoms with E-state index in [0.717, 1.165) is 8.39 Å². The van der Waals surface area contributed by atoms with E-state index in [1.165, 1.54) is 32.3 Å². The Balaban J connectivity index is 2.06. The second-order valence-corrected chi connectivity index (χ2v) is 12.2. The predicted molar refractivity (Wildman–Crippen MR) is 134 cm³/mol. The van der Waals surface area contributed by atoms with E-state index in [-0.39, 0.29) is 35.5 Å². The number of piperidine rings is 1. The highest BCUT2D eigenvalue weighted by Gasteiger charge is 2.34. The Morgan fingerprint density at radius 2 is 2.06 bits per heavy atom. The third-order valence-corrected chi connectivity index (χ3v) is 7.55. The minimum Gasteiger partial charge on any atom is -0.444 e. The molecule has 0 unspecified atom stereocenters. The molecule has 3 rings (SSSR count). The number of rotatable bonds is 7. The molecule has 2 aromatic rings. The molecular formula is C23H31ClFN5O5S. The third-order valence-electron chi connectivity index (χ3n) is 5.57. The number of halogens is 2. The Morgan fingerprint density at radius 1 is 1.36 bits per heavy atom. The van der Waals surface area contributed by atoms with Gasteiger partial charge in [-0.3, -0.25) is 4.79 Å². The molecule has 1 N–H and O–H groups in total. The van der Waals surface area contributed by atoms with E-state index in [1.807, 2.05) is 0 Å². The molecule has 1 saturated heterocycles. The number of ether oxygens (including phenoxy) is 1. The number of aldehydes is 1. The number of aromatic nitrogens is 2. The molecule has 1 aromatic carbocycles. The van der Waals surface area contributed by atoms with E-state index in [4.69, 9.17) is 16.3 Å². The Kier molecular flexibility index (Phi) is 8.31. The van der Waals surface area contributed by atoms with Crippen LogP contribution in [0.4, 0.5) is 15.0 Å². The number of hydrogen-bond donors (Lipinski definition) is 1. The number of amides is 1. The second-order valence-electron chi connectivity index (χ2n) is 9.78. The van der Waals surface area contributed by atoms with Gasteiger partial charge >= 0.3 is 16.3 Å². The standard InChI is InChI=1S/C23H31ClFN5O5S/c1-23(2,3)35-22(32)26-17-7-6-10-29(13-17)21-18(12-15-11-16(25)8-9-19(15)24)20(14-31)27-30(21)36(33,34)28(4)5/h8-9,11,14,17H,6-7,10,12-13H2,1-5H3,(H,26,32)/t17-/m0/s1. The van der Waals surface area contributed by atoms with E-state index in [2.05, 4.69) is 10.4 Å². The number of anilines is 1. The van der Waals surface area contributed by atoms with Gasteiger partial charge in [0.2, 0.25) is 0 Å². The first kappa shape index (κ1) is 27.9. The normalized spacial score (nSPS) is 16.8. The summed E-state index contributed by atoms with van der Waals surface area (Å²) in [6.07, 6.45) is 1.14. The van der Waals surface area contributed by atoms with Crippen molar-refractivity contribution in [2.24, 2.45) is 0 Å². The zero-order valence-electron chi connectivity index (χ0n) is 20.9. The van der Waals surface area contributed by atoms with Crippen LogP contribution >= 0.6 is 11.6 Å². The summed E-state index contributed by atoms with van der Waals surface area (Å²) in [6, 6.07) is 3.51. The van der Waals surface area contributed by atoms with Gasteiger partial charge in [-0.2, -0.15) is 17.8 Å². The summed E-state index contributed by atoms with van der Waals surface area (Å²) >= 11 is 6.28. The summed E-state index contributed by atoms with van der Waals surface area (Å²) in [5.74, 6) is -0.349. The Hall–Kier alpha value is -2.70. The SMILES string of the molecule is CN(C)S(=O)(=O)n1nc(C=O)c(Cc2cc(F)ccc2Cl)c1N1CCC[C@H](NC(=O)OC(C)(C)C)C1. The van der Waals surface area contributed by atoms with Gasteiger partial charge in [0, 0.05) is 50.2 Å². The van der Waals surface area contributed by atoms with Crippen LogP contribution in [0.3, 0.4) is 0 Å². The molecule has 1 aliphatic heterocycles. The summed E-state index contributed by atoms with van der Waals surface area (Å²) in [5.41, 5.74) is -0.102. The van der Waals surface area contributed by atoms with Crippen molar-refractivity contribution in [3.05, 3.63) is 45.9 Å². The molecule has 0 bridgehead atoms. The Labute approximate surface area is 215 Å². The predicted octanol–water partition coefficient (Wildman–Crippen LogP) is 3.23. The molecule has 198 valence electrons. The van der Waals surface area contributed by atoms with Gasteiger partial charge in [0.1, 0.15) is 22.9 Å². The third kappa shape index (κ3) is 6.34. The zero-order valence-corrected chi connectivity index (χ0v) is 22.5. The fourth-order valence-corrected chi connectivity index (χ4v) is 5.09. The number of nitrogens with one attached hydrogen (secondary N) is 1. The van der Waals surface area contributed by atoms with Gasteiger partial charge in [0.15, 0.2) is 6.29 Å². The lowest BCUT2D eigenvalue weighted by Crippen LogP contribution is -2.50. The zero-order chi connectivity index (χ0) is 26.8. The number of hydrogen-bond acceptors (Lipinski definition) is 7. The van der Waals surface area contributed by atoms with Crippen LogP contribution in [0.1, 0.15) is 55.2 Å². The molecule has 1 aliphatic rings. The van der Waals surface area contributed by atoms with Crippen molar-refractivity contribution in [2.75, 3.05) is 32.1 Å². The number of nitrogens with zero attached hydrogens (tertiary/aromatic N) is 4. The van der Waals surface area contributed by atoms with Crippen LogP contribution in [-0.2, 0) is 21.4 Å². The van der Waals surface area contributed by atoms with Crippen molar-refractivity contribution in [3.63, 3.8) is 0 Å². The lowest BCUT2D eigenvalue weighted by atomic mass is 10.0. The topological polar surface area (TPSA) is 114 Å². The molecule has 1 fully saturated rings. The second kappa shape index (κ2) is 10.7. The van der Waals surface area contributed by atoms with Gasteiger partial charge in [-0.05, 0) is 57.4 Å². The molecule has 0 aliphatic carbocycles. The molecule has 1 amide bonds. The molecule has 2 heterocycles. The van der Waals surface area contributed by atoms with E-state index < -0.39 is 27.7 Å². The lowest BCUT2D eigenvalue weighted by molar-refractivity contribution is 0.0499. The van der Waals surface area contributed by atoms with Crippen molar-refractivity contribution in [1.82, 2.24) is 18.8 Å². The van der Waals surface area contributed by atoms with Crippen LogP contribution in [0, 0.1) is 5.82 Å². The highest BCUT2D eigenvalue weighted by Crippen LogP contribution is 2.32. The van der Waals surface area contributed by atoms with E-state index in [9.17, 15) is 22.4 Å². The van der Waals surface area contributed by atoms with Gasteiger partial charge in [-0.1, -0.05) is 11.6 Å². The fourth-order valence-electron chi connectivity index (χ4n) is 3.96. The monoisotopic (exact) mass is 543 g/mol. The first-order valence-corrected chi connectivity index (χ1v) is 13.2. The van der Waals surface area contributed by atoms with Crippen LogP contribution in [0.2, 0.25) is 5.02 Å². The molecule has 36 heavy (non-hydrogen) atoms. The Morgan fingerprint density at radius 3 is 2.67 bits per heavy atom. The average Bonchev–Trinajstić information content (AvgIpc) is 3.14. The van der Waals surface area contributed by atoms with E-state index in [1.54, 1.807) is 25.7 Å². The molecule has 0 radical (unpaired) electrons. The maximum atomic E-state index is 14.0. The van der Waals surface area contributed by atoms with Crippen molar-refractivity contribution in [1.29, 1.82) is 0 Å². The minimum atomic E-state index is -4.12. The first-order chi connectivity index (χ1) is 16.7. The molecular weight excluding hydrogens is 513 g/mol. The average molecular weight is 544 g/mol. The Bertz CT molecular complexity index is 1240. The van der Waals surface area contributed by atoms with Gasteiger partial charge in [-0.15, -0.1) is 4.09 Å². The molecule has 0 saturated carbocycles. The maximum Gasteiger partial charge on any atom is 0.407 e. The number of alkyl carbamates (subject to hydrolysis) is 1. The molecule has 1 aromatic heterocycles. The summed E-state index contributed by atoms with van der Waals surface area (Å²) in [6.45, 7) is 5.97. The van der Waals surface area contributed by atoms with Gasteiger partial charge in [0.05, 0.1) is 0 Å². The minimum absolute atomic E-state index is 0.0242. The van der Waals surface area contributed by atoms with Crippen LogP contribution in [0.15, 0.2) is 18.2 Å². The van der Waals surface area contributed by atoms with Crippen molar-refractivity contribution < 1.29 is 27.1 Å². The first-order valence-electron chi connectivity index (χ1n) is 11.4. The molecule has 10 nitrogen and oxygen atoms in total. The van der Waals surface area contributed by atoms with Crippen LogP contribution < -0.4 is 10.2 Å². The summed E-state index contributed by atoms with van der Waals surface area (Å²) < 4.78 is 47.5. The number of carbonyl (C=O) groups is 2. The van der Waals surface area contributed by atoms with Crippen molar-refractivity contribution in [2.45, 2.75) is 51.7 Å². The van der Waals surface area contributed by atoms with Gasteiger partial charge in [-0.25, -0.2) is 9.18 Å². The van der Waals surface area contributed by atoms with Crippen molar-refractivity contribution >= 4 is 40.0 Å². The maximum absolute atomic E-state index is 14.0. The summed E-state index contributed by atoms with van der Waals surface area (Å²) in [7, 11) is -1.42. The lowest BCUT2D eigenvalue weighted by Gasteiger charge is -2.35. The largest absolute Gasteiger partial charge is 0.444 e. The van der Waals surface area contributed by atoms with Crippen molar-refractivity contribution in [3.8, 4) is 0 Å². The summed E-state index contributed by atoms with van der Waals surface area (Å²) in [4.78, 5) is 26.1. The summed E-state index contributed by atoms with van der Waals surface area (Å²) in [5, 5.41) is 7.21. The van der Waals surface area contributed by atoms with E-state index in [0.29, 0.717) is 36.8 Å². The number of benzene rings is 1. The van der Waals surface area contributed by atoms with Gasteiger partial charge < -0.3 is 15.0 Å². The quantitative estimate of drug-likeness (QED) is 0.533. The number of carbonyl (C=O) groups excluding carboxylic acids is 2.